The lowest BCUT2D eigenvalue weighted by Gasteiger charge is -2.29. The van der Waals surface area contributed by atoms with Gasteiger partial charge in [0.25, 0.3) is 7.82 Å². The lowest BCUT2D eigenvalue weighted by molar-refractivity contribution is -0.870. The number of hydrogen-bond acceptors (Lipinski definition) is 6. The molecule has 3 atom stereocenters. The summed E-state index contributed by atoms with van der Waals surface area (Å²) in [5.41, 5.74) is 0. The Morgan fingerprint density at radius 3 is 1.22 bits per heavy atom. The summed E-state index contributed by atoms with van der Waals surface area (Å²) in [6, 6.07) is -0.884. The van der Waals surface area contributed by atoms with E-state index in [1.807, 2.05) is 27.2 Å². The molecule has 0 fully saturated rings. The standard InChI is InChI=1S/C59H115N2O6P/c1-6-8-10-12-14-16-18-19-20-21-22-23-24-25-26-27-28-29-30-31-32-33-34-35-36-37-38-39-40-41-43-45-47-49-51-53-59(63)60-57(56-67-68(64,65)66-55-54-61(3,4)5)58(62)52-50-48-46-44-42-17-15-13-11-9-7-2/h24-25,27-28,50,52,57-58,62H,6-23,26,29-49,51,53-56H2,1-5H3,(H-,60,63,64,65)/b25-24-,28-27-,52-50+. The minimum Gasteiger partial charge on any atom is -0.756 e. The number of aliphatic hydroxyl groups excluding tert-OH is 1. The maximum absolute atomic E-state index is 12.9. The van der Waals surface area contributed by atoms with E-state index in [1.54, 1.807) is 6.08 Å². The summed E-state index contributed by atoms with van der Waals surface area (Å²) in [4.78, 5) is 25.4. The first-order chi connectivity index (χ1) is 33.0. The second kappa shape index (κ2) is 50.7. The number of allylic oxidation sites excluding steroid dienone is 5. The van der Waals surface area contributed by atoms with Crippen LogP contribution in [0.1, 0.15) is 284 Å². The fraction of sp³-hybridized carbons (Fsp3) is 0.881. The molecule has 9 heteroatoms. The topological polar surface area (TPSA) is 108 Å². The van der Waals surface area contributed by atoms with E-state index < -0.39 is 20.0 Å². The number of hydrogen-bond donors (Lipinski definition) is 2. The van der Waals surface area contributed by atoms with Gasteiger partial charge in [0, 0.05) is 6.42 Å². The second-order valence-corrected chi connectivity index (χ2v) is 22.8. The van der Waals surface area contributed by atoms with Gasteiger partial charge < -0.3 is 28.8 Å². The Hall–Kier alpha value is -1.28. The maximum atomic E-state index is 12.9. The summed E-state index contributed by atoms with van der Waals surface area (Å²) in [6.07, 6.45) is 65.3. The van der Waals surface area contributed by atoms with Crippen LogP contribution in [-0.4, -0.2) is 68.5 Å². The normalized spacial score (nSPS) is 14.2. The quantitative estimate of drug-likeness (QED) is 0.0272. The highest BCUT2D eigenvalue weighted by atomic mass is 31.2. The van der Waals surface area contributed by atoms with Crippen molar-refractivity contribution in [2.45, 2.75) is 296 Å². The van der Waals surface area contributed by atoms with Gasteiger partial charge in [0.15, 0.2) is 0 Å². The van der Waals surface area contributed by atoms with E-state index >= 15 is 0 Å². The van der Waals surface area contributed by atoms with Crippen LogP contribution in [0.4, 0.5) is 0 Å². The molecule has 3 unspecified atom stereocenters. The summed E-state index contributed by atoms with van der Waals surface area (Å²) in [6.45, 7) is 4.65. The molecule has 2 N–H and O–H groups in total. The van der Waals surface area contributed by atoms with Crippen molar-refractivity contribution in [2.75, 3.05) is 40.9 Å². The van der Waals surface area contributed by atoms with Gasteiger partial charge in [0.2, 0.25) is 5.91 Å². The fourth-order valence-electron chi connectivity index (χ4n) is 8.72. The third-order valence-electron chi connectivity index (χ3n) is 13.3. The van der Waals surface area contributed by atoms with Gasteiger partial charge in [0.05, 0.1) is 39.9 Å². The highest BCUT2D eigenvalue weighted by molar-refractivity contribution is 7.45. The second-order valence-electron chi connectivity index (χ2n) is 21.4. The number of phosphoric acid groups is 1. The van der Waals surface area contributed by atoms with Crippen LogP contribution in [0.2, 0.25) is 0 Å². The number of rotatable bonds is 54. The molecule has 0 heterocycles. The summed E-state index contributed by atoms with van der Waals surface area (Å²) in [5.74, 6) is -0.196. The van der Waals surface area contributed by atoms with Gasteiger partial charge in [-0.15, -0.1) is 0 Å². The number of aliphatic hydroxyl groups is 1. The van der Waals surface area contributed by atoms with Gasteiger partial charge in [-0.05, 0) is 51.4 Å². The van der Waals surface area contributed by atoms with Gasteiger partial charge in [-0.1, -0.05) is 262 Å². The third kappa shape index (κ3) is 52.5. The Morgan fingerprint density at radius 2 is 0.853 bits per heavy atom. The Labute approximate surface area is 423 Å². The number of amides is 1. The lowest BCUT2D eigenvalue weighted by atomic mass is 10.0. The first-order valence-corrected chi connectivity index (χ1v) is 30.8. The molecule has 0 spiro atoms. The molecule has 0 aliphatic carbocycles. The lowest BCUT2D eigenvalue weighted by Crippen LogP contribution is -2.45. The average molecular weight is 980 g/mol. The van der Waals surface area contributed by atoms with Crippen LogP contribution in [0.3, 0.4) is 0 Å². The molecule has 402 valence electrons. The van der Waals surface area contributed by atoms with Crippen LogP contribution in [0.15, 0.2) is 36.5 Å². The van der Waals surface area contributed by atoms with Crippen molar-refractivity contribution < 1.29 is 32.9 Å². The van der Waals surface area contributed by atoms with Crippen molar-refractivity contribution >= 4 is 13.7 Å². The highest BCUT2D eigenvalue weighted by Crippen LogP contribution is 2.38. The van der Waals surface area contributed by atoms with Crippen molar-refractivity contribution in [3.63, 3.8) is 0 Å². The van der Waals surface area contributed by atoms with Crippen molar-refractivity contribution in [1.82, 2.24) is 5.32 Å². The van der Waals surface area contributed by atoms with Gasteiger partial charge >= 0.3 is 0 Å². The summed E-state index contributed by atoms with van der Waals surface area (Å²) in [5, 5.41) is 13.8. The molecular formula is C59H115N2O6P. The first kappa shape index (κ1) is 66.7. The van der Waals surface area contributed by atoms with Crippen molar-refractivity contribution in [2.24, 2.45) is 0 Å². The summed E-state index contributed by atoms with van der Waals surface area (Å²) < 4.78 is 23.3. The predicted octanol–water partition coefficient (Wildman–Crippen LogP) is 17.1. The fourth-order valence-corrected chi connectivity index (χ4v) is 9.44. The Morgan fingerprint density at radius 1 is 0.515 bits per heavy atom. The van der Waals surface area contributed by atoms with Crippen LogP contribution in [0.25, 0.3) is 0 Å². The summed E-state index contributed by atoms with van der Waals surface area (Å²) >= 11 is 0. The zero-order valence-electron chi connectivity index (χ0n) is 45.8. The number of phosphoric ester groups is 1. The van der Waals surface area contributed by atoms with E-state index in [2.05, 4.69) is 43.5 Å². The molecule has 0 rings (SSSR count). The molecule has 0 aliphatic heterocycles. The maximum Gasteiger partial charge on any atom is 0.268 e. The number of likely N-dealkylation sites (N-methyl/N-ethyl adjacent to an activating group) is 1. The van der Waals surface area contributed by atoms with Gasteiger partial charge in [-0.3, -0.25) is 9.36 Å². The zero-order valence-corrected chi connectivity index (χ0v) is 46.7. The molecule has 8 nitrogen and oxygen atoms in total. The number of carbonyl (C=O) groups is 1. The number of nitrogens with one attached hydrogen (secondary N) is 1. The Bertz CT molecular complexity index is 1200. The van der Waals surface area contributed by atoms with E-state index in [0.717, 1.165) is 44.9 Å². The number of carbonyl (C=O) groups excluding carboxylic acids is 1. The Kier molecular flexibility index (Phi) is 49.7. The smallest absolute Gasteiger partial charge is 0.268 e. The van der Waals surface area contributed by atoms with E-state index in [9.17, 15) is 19.4 Å². The average Bonchev–Trinajstić information content (AvgIpc) is 3.30. The van der Waals surface area contributed by atoms with Crippen LogP contribution >= 0.6 is 7.82 Å². The van der Waals surface area contributed by atoms with Crippen LogP contribution in [0.5, 0.6) is 0 Å². The minimum absolute atomic E-state index is 0.00000769. The third-order valence-corrected chi connectivity index (χ3v) is 14.3. The zero-order chi connectivity index (χ0) is 49.9. The number of unbranched alkanes of at least 4 members (excludes halogenated alkanes) is 37. The minimum atomic E-state index is -4.59. The largest absolute Gasteiger partial charge is 0.756 e. The SMILES string of the molecule is CCCCCCCCCCC/C=C/C(O)C(COP(=O)([O-])OCC[N+](C)(C)C)NC(=O)CCCCCCCCCCCCCCCCCCC/C=C\C/C=C\CCCCCCCCCCCCC. The molecule has 0 aliphatic rings. The Balaban J connectivity index is 3.93. The van der Waals surface area contributed by atoms with Crippen molar-refractivity contribution in [3.8, 4) is 0 Å². The van der Waals surface area contributed by atoms with Crippen LogP contribution in [0, 0.1) is 0 Å². The first-order valence-electron chi connectivity index (χ1n) is 29.4. The van der Waals surface area contributed by atoms with Crippen LogP contribution in [-0.2, 0) is 18.4 Å². The van der Waals surface area contributed by atoms with E-state index in [-0.39, 0.29) is 19.1 Å². The number of nitrogens with zero attached hydrogens (tertiary/aromatic N) is 1. The molecule has 0 aromatic rings. The predicted molar refractivity (Wildman–Crippen MR) is 293 cm³/mol. The van der Waals surface area contributed by atoms with Crippen molar-refractivity contribution in [1.29, 1.82) is 0 Å². The molecular weight excluding hydrogens is 864 g/mol. The van der Waals surface area contributed by atoms with E-state index in [1.165, 1.54) is 218 Å². The molecule has 1 amide bonds. The molecule has 68 heavy (non-hydrogen) atoms. The summed E-state index contributed by atoms with van der Waals surface area (Å²) in [7, 11) is 1.27. The van der Waals surface area contributed by atoms with Gasteiger partial charge in [0.1, 0.15) is 13.2 Å². The molecule has 0 aromatic carbocycles. The number of quaternary nitrogens is 1. The van der Waals surface area contributed by atoms with E-state index in [4.69, 9.17) is 9.05 Å². The monoisotopic (exact) mass is 979 g/mol. The van der Waals surface area contributed by atoms with E-state index in [0.29, 0.717) is 17.4 Å². The van der Waals surface area contributed by atoms with Crippen LogP contribution < -0.4 is 10.2 Å². The van der Waals surface area contributed by atoms with Gasteiger partial charge in [-0.2, -0.15) is 0 Å². The molecule has 0 bridgehead atoms. The molecule has 0 saturated carbocycles. The molecule has 0 aromatic heterocycles. The highest BCUT2D eigenvalue weighted by Gasteiger charge is 2.23. The van der Waals surface area contributed by atoms with Crippen molar-refractivity contribution in [3.05, 3.63) is 36.5 Å². The van der Waals surface area contributed by atoms with Gasteiger partial charge in [-0.25, -0.2) is 0 Å². The molecule has 0 radical (unpaired) electrons. The molecule has 0 saturated heterocycles.